The molecule has 1 unspecified atom stereocenters. The van der Waals surface area contributed by atoms with Gasteiger partial charge < -0.3 is 0 Å². The lowest BCUT2D eigenvalue weighted by Gasteiger charge is -2.50. The van der Waals surface area contributed by atoms with E-state index in [1.54, 1.807) is 0 Å². The van der Waals surface area contributed by atoms with Gasteiger partial charge in [-0.15, -0.1) is 0 Å². The number of hydrogen-bond acceptors (Lipinski definition) is 1. The normalized spacial score (nSPS) is 17.2. The molecule has 0 N–H and O–H groups in total. The lowest BCUT2D eigenvalue weighted by Crippen LogP contribution is -2.46. The molecule has 0 aromatic carbocycles. The minimum absolute atomic E-state index is 0.650. The van der Waals surface area contributed by atoms with Crippen molar-refractivity contribution < 1.29 is 0 Å². The third kappa shape index (κ3) is 5.76. The zero-order chi connectivity index (χ0) is 15.6. The number of nitrogens with zero attached hydrogens (tertiary/aromatic N) is 4. The van der Waals surface area contributed by atoms with Gasteiger partial charge in [-0.05, 0) is 117 Å². The second-order valence-corrected chi connectivity index (χ2v) is 21.3. The number of halogens is 8. The third-order valence-corrected chi connectivity index (χ3v) is 11.7. The summed E-state index contributed by atoms with van der Waals surface area (Å²) in [5.41, 5.74) is 0.650. The van der Waals surface area contributed by atoms with Crippen LogP contribution in [0.4, 0.5) is 0 Å². The average Bonchev–Trinajstić information content (AvgIpc) is 2.20. The Balaban J connectivity index is 6.24. The highest BCUT2D eigenvalue weighted by molar-refractivity contribution is 9.40. The van der Waals surface area contributed by atoms with Crippen molar-refractivity contribution in [2.75, 3.05) is 26.6 Å². The Morgan fingerprint density at radius 1 is 0.947 bits per heavy atom. The van der Waals surface area contributed by atoms with Crippen molar-refractivity contribution in [3.05, 3.63) is 0 Å². The molecule has 4 nitrogen and oxygen atoms in total. The van der Waals surface area contributed by atoms with Crippen LogP contribution in [0.2, 0.25) is 0 Å². The Morgan fingerprint density at radius 3 is 1.47 bits per heavy atom. The fraction of sp³-hybridized carbons (Fsp3) is 1.00. The molecule has 0 aliphatic carbocycles. The van der Waals surface area contributed by atoms with Gasteiger partial charge in [0.1, 0.15) is 0 Å². The summed E-state index contributed by atoms with van der Waals surface area (Å²) in [7, 11) is 3.65. The maximum atomic E-state index is 4.51. The van der Waals surface area contributed by atoms with Gasteiger partial charge >= 0.3 is 0 Å². The maximum Gasteiger partial charge on any atom is 0.197 e. The molecule has 0 rings (SSSR count). The van der Waals surface area contributed by atoms with Gasteiger partial charge in [0.05, 0.1) is 21.6 Å². The summed E-state index contributed by atoms with van der Waals surface area (Å²) in [5.74, 6) is 0. The van der Waals surface area contributed by atoms with Gasteiger partial charge in [0.15, 0.2) is 12.0 Å². The zero-order valence-electron chi connectivity index (χ0n) is 9.97. The van der Waals surface area contributed by atoms with Crippen molar-refractivity contribution in [3.8, 4) is 0 Å². The van der Waals surface area contributed by atoms with Gasteiger partial charge in [0, 0.05) is 0 Å². The highest BCUT2D eigenvalue weighted by atomic mass is 80.0. The fourth-order valence-corrected chi connectivity index (χ4v) is 14.1. The second kappa shape index (κ2) is 8.87. The van der Waals surface area contributed by atoms with Gasteiger partial charge in [-0.3, -0.25) is 4.67 Å². The Kier molecular flexibility index (Phi) is 10.7. The fourth-order valence-electron chi connectivity index (χ4n) is 1.32. The molecule has 0 aromatic rings. The predicted octanol–water partition coefficient (Wildman–Crippen LogP) is 6.98. The molecule has 13 heteroatoms. The minimum atomic E-state index is -2.28. The summed E-state index contributed by atoms with van der Waals surface area (Å²) in [6.45, 7) is 0. The summed E-state index contributed by atoms with van der Waals surface area (Å²) in [6, 6.07) is 0. The number of hydrogen-bond donors (Lipinski definition) is 0. The predicted molar refractivity (Wildman–Crippen MR) is 114 cm³/mol. The highest BCUT2D eigenvalue weighted by Gasteiger charge is 2.52. The zero-order valence-corrected chi connectivity index (χ0v) is 23.5. The molecule has 0 bridgehead atoms. The summed E-state index contributed by atoms with van der Waals surface area (Å²) in [6.07, 6.45) is 0. The molecule has 19 heavy (non-hydrogen) atoms. The van der Waals surface area contributed by atoms with Crippen molar-refractivity contribution >= 4 is 135 Å². The molecule has 0 saturated carbocycles. The van der Waals surface area contributed by atoms with Gasteiger partial charge in [-0.1, -0.05) is 15.9 Å². The van der Waals surface area contributed by atoms with E-state index in [-0.39, 0.29) is 0 Å². The van der Waals surface area contributed by atoms with E-state index in [1.807, 2.05) is 25.8 Å². The molecule has 0 amide bonds. The first-order chi connectivity index (χ1) is 8.35. The highest BCUT2D eigenvalue weighted by Crippen LogP contribution is 2.70. The lowest BCUT2D eigenvalue weighted by atomic mass is 11.2. The topological polar surface area (TPSA) is 22.1 Å². The number of rotatable bonds is 4. The lowest BCUT2D eigenvalue weighted by molar-refractivity contribution is 0.425. The average molecular weight is 809 g/mol. The molecule has 1 atom stereocenters. The first kappa shape index (κ1) is 22.9. The quantitative estimate of drug-likeness (QED) is 0.174. The van der Waals surface area contributed by atoms with Crippen LogP contribution < -0.4 is 0 Å². The van der Waals surface area contributed by atoms with Crippen LogP contribution in [-0.4, -0.2) is 45.1 Å². The van der Waals surface area contributed by atoms with Crippen molar-refractivity contribution in [2.24, 2.45) is 3.77 Å². The van der Waals surface area contributed by atoms with Crippen molar-refractivity contribution in [3.63, 3.8) is 0 Å². The minimum Gasteiger partial charge on any atom is -0.251 e. The summed E-state index contributed by atoms with van der Waals surface area (Å²) < 4.78 is 9.28. The Bertz CT molecular complexity index is 336. The molecule has 0 heterocycles. The summed E-state index contributed by atoms with van der Waals surface area (Å²) in [5, 5.41) is 0. The molecule has 0 radical (unpaired) electrons. The monoisotopic (exact) mass is 801 g/mol. The van der Waals surface area contributed by atoms with E-state index in [0.29, 0.717) is 5.45 Å². The standard InChI is InChI=1S/C6H11Br8N4P/c1-16(2)19(15-14,17(3)4-7)18(5(8,9)10)6(11,12)13/h4H2,1-3H3. The molecule has 0 fully saturated rings. The second-order valence-electron chi connectivity index (χ2n) is 3.48. The van der Waals surface area contributed by atoms with Crippen molar-refractivity contribution in [1.82, 2.24) is 14.0 Å². The van der Waals surface area contributed by atoms with Gasteiger partial charge in [0.2, 0.25) is 0 Å². The van der Waals surface area contributed by atoms with Crippen molar-refractivity contribution in [1.29, 1.82) is 0 Å². The van der Waals surface area contributed by atoms with E-state index in [1.165, 1.54) is 0 Å². The van der Waals surface area contributed by atoms with Crippen LogP contribution in [0.25, 0.3) is 0 Å². The van der Waals surface area contributed by atoms with Crippen LogP contribution >= 0.6 is 135 Å². The Labute approximate surface area is 181 Å². The summed E-state index contributed by atoms with van der Waals surface area (Å²) >= 11 is 28.2. The van der Waals surface area contributed by atoms with E-state index >= 15 is 0 Å². The van der Waals surface area contributed by atoms with Gasteiger partial charge in [0.25, 0.3) is 0 Å². The third-order valence-electron chi connectivity index (χ3n) is 2.02. The van der Waals surface area contributed by atoms with Crippen LogP contribution in [0.3, 0.4) is 0 Å². The Hall–Kier alpha value is 3.95. The largest absolute Gasteiger partial charge is 0.251 e. The van der Waals surface area contributed by atoms with Crippen LogP contribution in [0, 0.1) is 0 Å². The first-order valence-electron chi connectivity index (χ1n) is 4.48. The van der Waals surface area contributed by atoms with E-state index in [2.05, 4.69) is 141 Å². The van der Waals surface area contributed by atoms with Crippen LogP contribution in [0.15, 0.2) is 3.77 Å². The van der Waals surface area contributed by atoms with Crippen LogP contribution in [0.1, 0.15) is 0 Å². The van der Waals surface area contributed by atoms with E-state index in [0.717, 1.165) is 0 Å². The molecule has 0 aliphatic heterocycles. The molecule has 0 spiro atoms. The SMILES string of the molecule is CN(C)P(=NBr)(N(C)CBr)N(C(Br)(Br)Br)C(Br)(Br)Br. The molecule has 0 saturated heterocycles. The van der Waals surface area contributed by atoms with Crippen LogP contribution in [-0.2, 0) is 0 Å². The smallest absolute Gasteiger partial charge is 0.197 e. The van der Waals surface area contributed by atoms with E-state index in [9.17, 15) is 0 Å². The molecule has 0 aromatic heterocycles. The molecule has 116 valence electrons. The molecular formula is C6H11Br8N4P. The van der Waals surface area contributed by atoms with Gasteiger partial charge in [-0.2, -0.15) is 8.44 Å². The van der Waals surface area contributed by atoms with E-state index < -0.39 is 12.0 Å². The van der Waals surface area contributed by atoms with E-state index in [4.69, 9.17) is 0 Å². The van der Waals surface area contributed by atoms with Crippen molar-refractivity contribution in [2.45, 2.75) is 4.53 Å². The maximum absolute atomic E-state index is 4.51. The summed E-state index contributed by atoms with van der Waals surface area (Å²) in [4.78, 5) is 0. The molecule has 0 aliphatic rings. The Morgan fingerprint density at radius 2 is 1.32 bits per heavy atom. The number of alkyl halides is 7. The van der Waals surface area contributed by atoms with Gasteiger partial charge in [-0.25, -0.2) is 4.67 Å². The van der Waals surface area contributed by atoms with Crippen LogP contribution in [0.5, 0.6) is 0 Å². The first-order valence-corrected chi connectivity index (χ1v) is 12.7. The molecular weight excluding hydrogens is 798 g/mol.